The highest BCUT2D eigenvalue weighted by Crippen LogP contribution is 2.23. The average molecular weight is 215 g/mol. The third kappa shape index (κ3) is 2.04. The van der Waals surface area contributed by atoms with Gasteiger partial charge in [-0.05, 0) is 18.5 Å². The Kier molecular flexibility index (Phi) is 3.10. The summed E-state index contributed by atoms with van der Waals surface area (Å²) in [6.45, 7) is 1.49. The maximum absolute atomic E-state index is 10.5. The highest BCUT2D eigenvalue weighted by Gasteiger charge is 2.20. The molecule has 74 valence electrons. The van der Waals surface area contributed by atoms with Crippen molar-refractivity contribution in [2.45, 2.75) is 6.92 Å². The summed E-state index contributed by atoms with van der Waals surface area (Å²) in [6.07, 6.45) is 0. The first kappa shape index (κ1) is 11.0. The second kappa shape index (κ2) is 3.95. The number of rotatable bonds is 2. The Labute approximate surface area is 85.2 Å². The normalized spacial score (nSPS) is 10.0. The van der Waals surface area contributed by atoms with E-state index in [4.69, 9.17) is 21.6 Å². The molecule has 0 aromatic heterocycles. The topological polar surface area (TPSA) is 83.6 Å². The van der Waals surface area contributed by atoms with Crippen LogP contribution in [0, 0.1) is 17.0 Å². The van der Waals surface area contributed by atoms with Crippen molar-refractivity contribution >= 4 is 29.9 Å². The molecule has 0 heterocycles. The van der Waals surface area contributed by atoms with Crippen molar-refractivity contribution in [3.8, 4) is 0 Å². The first-order valence-corrected chi connectivity index (χ1v) is 4.12. The lowest BCUT2D eigenvalue weighted by Gasteiger charge is -2.03. The van der Waals surface area contributed by atoms with E-state index < -0.39 is 12.0 Å². The molecule has 0 atom stereocenters. The van der Waals surface area contributed by atoms with Crippen molar-refractivity contribution in [3.05, 3.63) is 32.8 Å². The van der Waals surface area contributed by atoms with E-state index in [9.17, 15) is 10.1 Å². The number of nitro benzene ring substituents is 1. The quantitative estimate of drug-likeness (QED) is 0.420. The zero-order valence-corrected chi connectivity index (χ0v) is 8.02. The van der Waals surface area contributed by atoms with Crippen LogP contribution in [0.25, 0.3) is 0 Å². The van der Waals surface area contributed by atoms with Crippen molar-refractivity contribution in [1.29, 1.82) is 0 Å². The minimum absolute atomic E-state index is 0.00676. The zero-order valence-electron chi connectivity index (χ0n) is 7.27. The van der Waals surface area contributed by atoms with Crippen molar-refractivity contribution < 1.29 is 15.0 Å². The molecule has 0 saturated heterocycles. The predicted molar refractivity (Wildman–Crippen MR) is 52.7 cm³/mol. The van der Waals surface area contributed by atoms with E-state index in [1.807, 2.05) is 0 Å². The Morgan fingerprint density at radius 2 is 2.07 bits per heavy atom. The summed E-state index contributed by atoms with van der Waals surface area (Å²) in [4.78, 5) is 9.91. The monoisotopic (exact) mass is 215 g/mol. The maximum atomic E-state index is 10.5. The summed E-state index contributed by atoms with van der Waals surface area (Å²) >= 11 is 5.68. The largest absolute Gasteiger partial charge is 0.488 e. The molecule has 1 aromatic carbocycles. The molecular weight excluding hydrogens is 208 g/mol. The van der Waals surface area contributed by atoms with Gasteiger partial charge < -0.3 is 10.0 Å². The summed E-state index contributed by atoms with van der Waals surface area (Å²) < 4.78 is 0. The highest BCUT2D eigenvalue weighted by molar-refractivity contribution is 6.59. The van der Waals surface area contributed by atoms with Gasteiger partial charge in [0.15, 0.2) is 0 Å². The lowest BCUT2D eigenvalue weighted by molar-refractivity contribution is -0.385. The molecule has 0 unspecified atom stereocenters. The molecule has 0 aliphatic carbocycles. The molecule has 0 aliphatic rings. The summed E-state index contributed by atoms with van der Waals surface area (Å²) in [5.74, 6) is 0. The van der Waals surface area contributed by atoms with Gasteiger partial charge in [-0.25, -0.2) is 0 Å². The minimum atomic E-state index is -1.76. The molecule has 0 saturated carbocycles. The molecule has 0 bridgehead atoms. The van der Waals surface area contributed by atoms with Gasteiger partial charge in [0, 0.05) is 16.7 Å². The van der Waals surface area contributed by atoms with Crippen LogP contribution in [0.4, 0.5) is 5.69 Å². The van der Waals surface area contributed by atoms with Gasteiger partial charge in [-0.3, -0.25) is 10.1 Å². The number of halogens is 1. The Morgan fingerprint density at radius 1 is 1.50 bits per heavy atom. The molecule has 1 aromatic rings. The zero-order chi connectivity index (χ0) is 10.9. The van der Waals surface area contributed by atoms with Crippen molar-refractivity contribution in [2.24, 2.45) is 0 Å². The fourth-order valence-corrected chi connectivity index (χ4v) is 1.25. The third-order valence-electron chi connectivity index (χ3n) is 1.83. The van der Waals surface area contributed by atoms with Crippen LogP contribution < -0.4 is 5.46 Å². The number of benzene rings is 1. The Hall–Kier alpha value is -1.11. The lowest BCUT2D eigenvalue weighted by atomic mass is 9.79. The van der Waals surface area contributed by atoms with Crippen LogP contribution in [-0.2, 0) is 0 Å². The molecular formula is C7H7BClNO4. The second-order valence-electron chi connectivity index (χ2n) is 2.78. The smallest absolute Gasteiger partial charge is 0.423 e. The molecule has 0 spiro atoms. The Morgan fingerprint density at radius 3 is 2.50 bits per heavy atom. The summed E-state index contributed by atoms with van der Waals surface area (Å²) in [5.41, 5.74) is 0.0916. The summed E-state index contributed by atoms with van der Waals surface area (Å²) in [5, 5.41) is 28.3. The van der Waals surface area contributed by atoms with Crippen LogP contribution in [0.5, 0.6) is 0 Å². The van der Waals surface area contributed by atoms with E-state index in [0.29, 0.717) is 5.56 Å². The van der Waals surface area contributed by atoms with Gasteiger partial charge in [0.25, 0.3) is 5.69 Å². The van der Waals surface area contributed by atoms with E-state index in [0.717, 1.165) is 6.07 Å². The second-order valence-corrected chi connectivity index (χ2v) is 3.18. The van der Waals surface area contributed by atoms with Gasteiger partial charge in [0.1, 0.15) is 0 Å². The highest BCUT2D eigenvalue weighted by atomic mass is 35.5. The minimum Gasteiger partial charge on any atom is -0.423 e. The summed E-state index contributed by atoms with van der Waals surface area (Å²) in [6, 6.07) is 2.38. The van der Waals surface area contributed by atoms with E-state index in [1.165, 1.54) is 13.0 Å². The number of nitrogens with zero attached hydrogens (tertiary/aromatic N) is 1. The number of nitro groups is 1. The van der Waals surface area contributed by atoms with Crippen molar-refractivity contribution in [3.63, 3.8) is 0 Å². The van der Waals surface area contributed by atoms with Crippen LogP contribution in [-0.4, -0.2) is 22.1 Å². The van der Waals surface area contributed by atoms with Crippen LogP contribution in [0.2, 0.25) is 5.02 Å². The SMILES string of the molecule is Cc1c(Cl)cc(B(O)O)cc1[N+](=O)[O-]. The Bertz CT molecular complexity index is 382. The number of hydrogen-bond donors (Lipinski definition) is 2. The molecule has 0 aliphatic heterocycles. The first-order chi connectivity index (χ1) is 6.43. The molecule has 2 N–H and O–H groups in total. The van der Waals surface area contributed by atoms with Gasteiger partial charge in [-0.2, -0.15) is 0 Å². The van der Waals surface area contributed by atoms with Crippen LogP contribution in [0.15, 0.2) is 12.1 Å². The van der Waals surface area contributed by atoms with Crippen LogP contribution in [0.1, 0.15) is 5.56 Å². The van der Waals surface area contributed by atoms with Gasteiger partial charge in [0.05, 0.1) is 4.92 Å². The standard InChI is InChI=1S/C7H7BClNO4/c1-4-6(9)2-5(8(11)12)3-7(4)10(13)14/h2-3,11-12H,1H3. The Balaban J connectivity index is 3.35. The van der Waals surface area contributed by atoms with Gasteiger partial charge >= 0.3 is 7.12 Å². The van der Waals surface area contributed by atoms with Crippen molar-refractivity contribution in [1.82, 2.24) is 0 Å². The van der Waals surface area contributed by atoms with E-state index in [1.54, 1.807) is 0 Å². The van der Waals surface area contributed by atoms with E-state index >= 15 is 0 Å². The predicted octanol–water partition coefficient (Wildman–Crippen LogP) is 0.236. The molecule has 14 heavy (non-hydrogen) atoms. The van der Waals surface area contributed by atoms with Crippen LogP contribution in [0.3, 0.4) is 0 Å². The van der Waals surface area contributed by atoms with Crippen LogP contribution >= 0.6 is 11.6 Å². The lowest BCUT2D eigenvalue weighted by Crippen LogP contribution is -2.30. The van der Waals surface area contributed by atoms with Gasteiger partial charge in [-0.15, -0.1) is 0 Å². The number of hydrogen-bond acceptors (Lipinski definition) is 4. The summed E-state index contributed by atoms with van der Waals surface area (Å²) in [7, 11) is -1.76. The molecule has 1 rings (SSSR count). The average Bonchev–Trinajstić information content (AvgIpc) is 2.08. The fourth-order valence-electron chi connectivity index (χ4n) is 1.02. The van der Waals surface area contributed by atoms with Crippen molar-refractivity contribution in [2.75, 3.05) is 0 Å². The third-order valence-corrected chi connectivity index (χ3v) is 2.23. The molecule has 7 heteroatoms. The molecule has 0 amide bonds. The van der Waals surface area contributed by atoms with Gasteiger partial charge in [-0.1, -0.05) is 11.6 Å². The van der Waals surface area contributed by atoms with Gasteiger partial charge in [0.2, 0.25) is 0 Å². The first-order valence-electron chi connectivity index (χ1n) is 3.74. The maximum Gasteiger partial charge on any atom is 0.488 e. The van der Waals surface area contributed by atoms with E-state index in [-0.39, 0.29) is 16.2 Å². The molecule has 0 radical (unpaired) electrons. The van der Waals surface area contributed by atoms with E-state index in [2.05, 4.69) is 0 Å². The molecule has 0 fully saturated rings. The molecule has 5 nitrogen and oxygen atoms in total. The fraction of sp³-hybridized carbons (Fsp3) is 0.143.